The number of hydrogen-bond donors (Lipinski definition) is 0. The molecule has 9 heteroatoms. The standard InChI is InChI=1S/C23H25FN6O2/c1-27-21(15-19(25-27)16-5-7-17(24)8-6-16)23(32)29-12-10-28(11-13-29)22(31)20-14-18-4-2-3-9-30(18)26-20/h5-8,14-15H,2-4,9-13H2,1H3. The zero-order chi connectivity index (χ0) is 22.2. The molecule has 1 saturated heterocycles. The van der Waals surface area contributed by atoms with Gasteiger partial charge in [0, 0.05) is 51.0 Å². The van der Waals surface area contributed by atoms with Gasteiger partial charge in [0.15, 0.2) is 5.69 Å². The molecule has 0 bridgehead atoms. The maximum absolute atomic E-state index is 13.2. The number of halogens is 1. The Morgan fingerprint density at radius 2 is 1.56 bits per heavy atom. The first-order valence-corrected chi connectivity index (χ1v) is 10.9. The Kier molecular flexibility index (Phi) is 5.24. The summed E-state index contributed by atoms with van der Waals surface area (Å²) in [5.74, 6) is -0.514. The molecule has 32 heavy (non-hydrogen) atoms. The SMILES string of the molecule is Cn1nc(-c2ccc(F)cc2)cc1C(=O)N1CCN(C(=O)c2cc3n(n2)CCCC3)CC1. The predicted octanol–water partition coefficient (Wildman–Crippen LogP) is 2.36. The maximum atomic E-state index is 13.2. The number of fused-ring (bicyclic) bond motifs is 1. The van der Waals surface area contributed by atoms with E-state index in [2.05, 4.69) is 10.2 Å². The number of amides is 2. The fourth-order valence-electron chi connectivity index (χ4n) is 4.39. The second kappa shape index (κ2) is 8.22. The van der Waals surface area contributed by atoms with Crippen LogP contribution in [-0.4, -0.2) is 67.4 Å². The second-order valence-corrected chi connectivity index (χ2v) is 8.33. The number of nitrogens with zero attached hydrogens (tertiary/aromatic N) is 6. The zero-order valence-corrected chi connectivity index (χ0v) is 18.0. The Hall–Kier alpha value is -3.49. The summed E-state index contributed by atoms with van der Waals surface area (Å²) in [6.07, 6.45) is 3.20. The molecule has 2 aromatic heterocycles. The lowest BCUT2D eigenvalue weighted by Crippen LogP contribution is -2.51. The number of carbonyl (C=O) groups excluding carboxylic acids is 2. The largest absolute Gasteiger partial charge is 0.334 e. The molecule has 0 aliphatic carbocycles. The Balaban J connectivity index is 1.24. The van der Waals surface area contributed by atoms with Crippen molar-refractivity contribution >= 4 is 11.8 Å². The molecule has 0 saturated carbocycles. The Morgan fingerprint density at radius 3 is 2.25 bits per heavy atom. The average molecular weight is 436 g/mol. The number of aromatic nitrogens is 4. The molecule has 0 radical (unpaired) electrons. The molecule has 0 spiro atoms. The van der Waals surface area contributed by atoms with Crippen molar-refractivity contribution < 1.29 is 14.0 Å². The average Bonchev–Trinajstić information content (AvgIpc) is 3.42. The van der Waals surface area contributed by atoms with Crippen LogP contribution in [0.25, 0.3) is 11.3 Å². The molecule has 2 aliphatic heterocycles. The van der Waals surface area contributed by atoms with Crippen molar-refractivity contribution in [2.45, 2.75) is 25.8 Å². The number of rotatable bonds is 3. The lowest BCUT2D eigenvalue weighted by atomic mass is 10.1. The molecule has 4 heterocycles. The lowest BCUT2D eigenvalue weighted by molar-refractivity contribution is 0.0526. The summed E-state index contributed by atoms with van der Waals surface area (Å²) in [4.78, 5) is 29.5. The Labute approximate surface area is 185 Å². The number of aryl methyl sites for hydroxylation is 3. The topological polar surface area (TPSA) is 76.3 Å². The van der Waals surface area contributed by atoms with Gasteiger partial charge in [-0.1, -0.05) is 0 Å². The molecule has 2 amide bonds. The molecule has 1 aromatic carbocycles. The normalized spacial score (nSPS) is 16.2. The third kappa shape index (κ3) is 3.79. The molecular formula is C23H25FN6O2. The van der Waals surface area contributed by atoms with E-state index >= 15 is 0 Å². The maximum Gasteiger partial charge on any atom is 0.274 e. The van der Waals surface area contributed by atoms with Crippen molar-refractivity contribution in [1.82, 2.24) is 29.4 Å². The summed E-state index contributed by atoms with van der Waals surface area (Å²) in [6, 6.07) is 9.67. The van der Waals surface area contributed by atoms with Crippen LogP contribution >= 0.6 is 0 Å². The van der Waals surface area contributed by atoms with Gasteiger partial charge in [0.2, 0.25) is 0 Å². The summed E-state index contributed by atoms with van der Waals surface area (Å²) < 4.78 is 16.7. The van der Waals surface area contributed by atoms with E-state index in [9.17, 15) is 14.0 Å². The molecule has 0 atom stereocenters. The summed E-state index contributed by atoms with van der Waals surface area (Å²) in [7, 11) is 1.72. The summed E-state index contributed by atoms with van der Waals surface area (Å²) in [6.45, 7) is 2.71. The molecule has 0 N–H and O–H groups in total. The first-order valence-electron chi connectivity index (χ1n) is 10.9. The molecule has 2 aliphatic rings. The fourth-order valence-corrected chi connectivity index (χ4v) is 4.39. The van der Waals surface area contributed by atoms with Gasteiger partial charge in [0.1, 0.15) is 11.5 Å². The minimum atomic E-state index is -0.316. The van der Waals surface area contributed by atoms with E-state index < -0.39 is 0 Å². The van der Waals surface area contributed by atoms with Gasteiger partial charge >= 0.3 is 0 Å². The third-order valence-corrected chi connectivity index (χ3v) is 6.23. The highest BCUT2D eigenvalue weighted by atomic mass is 19.1. The van der Waals surface area contributed by atoms with E-state index in [1.54, 1.807) is 39.7 Å². The summed E-state index contributed by atoms with van der Waals surface area (Å²) >= 11 is 0. The van der Waals surface area contributed by atoms with Crippen LogP contribution in [0.2, 0.25) is 0 Å². The van der Waals surface area contributed by atoms with Gasteiger partial charge in [-0.3, -0.25) is 19.0 Å². The highest BCUT2D eigenvalue weighted by Gasteiger charge is 2.29. The van der Waals surface area contributed by atoms with Crippen LogP contribution in [-0.2, 0) is 20.0 Å². The quantitative estimate of drug-likeness (QED) is 0.632. The number of hydrogen-bond acceptors (Lipinski definition) is 4. The van der Waals surface area contributed by atoms with E-state index in [1.807, 2.05) is 10.7 Å². The van der Waals surface area contributed by atoms with Crippen molar-refractivity contribution in [2.75, 3.05) is 26.2 Å². The zero-order valence-electron chi connectivity index (χ0n) is 18.0. The van der Waals surface area contributed by atoms with E-state index in [0.29, 0.717) is 43.3 Å². The van der Waals surface area contributed by atoms with Crippen molar-refractivity contribution in [3.63, 3.8) is 0 Å². The molecule has 0 unspecified atom stereocenters. The molecular weight excluding hydrogens is 411 g/mol. The second-order valence-electron chi connectivity index (χ2n) is 8.33. The van der Waals surface area contributed by atoms with Crippen molar-refractivity contribution in [3.8, 4) is 11.3 Å². The van der Waals surface area contributed by atoms with E-state index in [1.165, 1.54) is 12.1 Å². The monoisotopic (exact) mass is 436 g/mol. The predicted molar refractivity (Wildman–Crippen MR) is 116 cm³/mol. The highest BCUT2D eigenvalue weighted by Crippen LogP contribution is 2.21. The molecule has 8 nitrogen and oxygen atoms in total. The molecule has 1 fully saturated rings. The fraction of sp³-hybridized carbons (Fsp3) is 0.391. The molecule has 166 valence electrons. The van der Waals surface area contributed by atoms with Gasteiger partial charge in [-0.15, -0.1) is 0 Å². The minimum absolute atomic E-state index is 0.0712. The van der Waals surface area contributed by atoms with Crippen LogP contribution in [0.3, 0.4) is 0 Å². The van der Waals surface area contributed by atoms with Crippen LogP contribution < -0.4 is 0 Å². The Bertz CT molecular complexity index is 1130. The van der Waals surface area contributed by atoms with Crippen LogP contribution in [0.1, 0.15) is 39.5 Å². The van der Waals surface area contributed by atoms with Crippen molar-refractivity contribution in [3.05, 3.63) is 59.3 Å². The van der Waals surface area contributed by atoms with Gasteiger partial charge in [0.25, 0.3) is 11.8 Å². The van der Waals surface area contributed by atoms with Crippen LogP contribution in [0.4, 0.5) is 4.39 Å². The van der Waals surface area contributed by atoms with E-state index in [4.69, 9.17) is 0 Å². The molecule has 3 aromatic rings. The van der Waals surface area contributed by atoms with E-state index in [0.717, 1.165) is 37.1 Å². The first-order chi connectivity index (χ1) is 15.5. The number of carbonyl (C=O) groups is 2. The van der Waals surface area contributed by atoms with Gasteiger partial charge < -0.3 is 9.80 Å². The van der Waals surface area contributed by atoms with Crippen LogP contribution in [0.5, 0.6) is 0 Å². The van der Waals surface area contributed by atoms with Gasteiger partial charge in [-0.05, 0) is 55.7 Å². The summed E-state index contributed by atoms with van der Waals surface area (Å²) in [5, 5.41) is 8.90. The lowest BCUT2D eigenvalue weighted by Gasteiger charge is -2.34. The number of piperazine rings is 1. The number of benzene rings is 1. The van der Waals surface area contributed by atoms with E-state index in [-0.39, 0.29) is 17.6 Å². The van der Waals surface area contributed by atoms with Gasteiger partial charge in [-0.2, -0.15) is 10.2 Å². The smallest absolute Gasteiger partial charge is 0.274 e. The summed E-state index contributed by atoms with van der Waals surface area (Å²) in [5.41, 5.74) is 3.46. The van der Waals surface area contributed by atoms with Crippen molar-refractivity contribution in [2.24, 2.45) is 7.05 Å². The minimum Gasteiger partial charge on any atom is -0.334 e. The Morgan fingerprint density at radius 1 is 0.875 bits per heavy atom. The van der Waals surface area contributed by atoms with Crippen molar-refractivity contribution in [1.29, 1.82) is 0 Å². The third-order valence-electron chi connectivity index (χ3n) is 6.23. The molecule has 5 rings (SSSR count). The van der Waals surface area contributed by atoms with Crippen LogP contribution in [0, 0.1) is 5.82 Å². The first kappa shape index (κ1) is 20.4. The highest BCUT2D eigenvalue weighted by molar-refractivity contribution is 5.95. The van der Waals surface area contributed by atoms with Crippen LogP contribution in [0.15, 0.2) is 36.4 Å². The van der Waals surface area contributed by atoms with Gasteiger partial charge in [0.05, 0.1) is 5.69 Å². The van der Waals surface area contributed by atoms with Gasteiger partial charge in [-0.25, -0.2) is 4.39 Å².